The van der Waals surface area contributed by atoms with Crippen LogP contribution >= 0.6 is 0 Å². The first-order valence-corrected chi connectivity index (χ1v) is 6.97. The molecular weight excluding hydrogens is 268 g/mol. The fourth-order valence-corrected chi connectivity index (χ4v) is 1.77. The summed E-state index contributed by atoms with van der Waals surface area (Å²) in [7, 11) is -3.83. The maximum atomic E-state index is 11.5. The van der Waals surface area contributed by atoms with Gasteiger partial charge in [0.05, 0.1) is 12.2 Å². The van der Waals surface area contributed by atoms with Crippen molar-refractivity contribution in [1.29, 1.82) is 0 Å². The topological polar surface area (TPSA) is 113 Å². The minimum atomic E-state index is -3.83. The smallest absolute Gasteiger partial charge is 0.296 e. The van der Waals surface area contributed by atoms with Gasteiger partial charge in [-0.25, -0.2) is 5.14 Å². The van der Waals surface area contributed by atoms with Gasteiger partial charge < -0.3 is 10.6 Å². The summed E-state index contributed by atoms with van der Waals surface area (Å²) in [4.78, 5) is 11.5. The minimum Gasteiger partial charge on any atom is -0.325 e. The fraction of sp³-hybridized carbons (Fsp3) is 0.182. The molecule has 0 bridgehead atoms. The molecule has 7 nitrogen and oxygen atoms in total. The largest absolute Gasteiger partial charge is 0.325 e. The highest BCUT2D eigenvalue weighted by Gasteiger charge is 2.05. The van der Waals surface area contributed by atoms with E-state index in [1.807, 2.05) is 0 Å². The number of hydrogen-bond acceptors (Lipinski definition) is 4. The van der Waals surface area contributed by atoms with E-state index in [1.165, 1.54) is 12.1 Å². The highest BCUT2D eigenvalue weighted by molar-refractivity contribution is 7.90. The molecule has 5 N–H and O–H groups in total. The summed E-state index contributed by atoms with van der Waals surface area (Å²) in [6.07, 6.45) is 1.64. The van der Waals surface area contributed by atoms with E-state index in [0.717, 1.165) is 0 Å². The van der Waals surface area contributed by atoms with Crippen molar-refractivity contribution in [2.24, 2.45) is 5.14 Å². The summed E-state index contributed by atoms with van der Waals surface area (Å²) >= 11 is 0. The van der Waals surface area contributed by atoms with Crippen LogP contribution < -0.4 is 20.5 Å². The number of nitrogens with two attached hydrogens (primary N) is 1. The van der Waals surface area contributed by atoms with E-state index < -0.39 is 10.2 Å². The Morgan fingerprint density at radius 3 is 2.68 bits per heavy atom. The maximum Gasteiger partial charge on any atom is 0.296 e. The Labute approximate surface area is 112 Å². The van der Waals surface area contributed by atoms with Crippen molar-refractivity contribution < 1.29 is 13.2 Å². The molecule has 1 aromatic rings. The molecule has 0 unspecified atom stereocenters. The number of benzene rings is 1. The van der Waals surface area contributed by atoms with Gasteiger partial charge in [0.1, 0.15) is 0 Å². The Morgan fingerprint density at radius 1 is 1.37 bits per heavy atom. The van der Waals surface area contributed by atoms with Crippen molar-refractivity contribution in [3.63, 3.8) is 0 Å². The summed E-state index contributed by atoms with van der Waals surface area (Å²) in [5, 5.41) is 10.3. The number of rotatable bonds is 7. The van der Waals surface area contributed by atoms with Crippen LogP contribution in [-0.2, 0) is 15.0 Å². The molecule has 0 saturated carbocycles. The average molecular weight is 284 g/mol. The van der Waals surface area contributed by atoms with Gasteiger partial charge in [-0.2, -0.15) is 8.42 Å². The quantitative estimate of drug-likeness (QED) is 0.417. The van der Waals surface area contributed by atoms with Gasteiger partial charge in [0.2, 0.25) is 5.91 Å². The number of carbonyl (C=O) groups is 1. The monoisotopic (exact) mass is 284 g/mol. The molecule has 0 spiro atoms. The van der Waals surface area contributed by atoms with Gasteiger partial charge in [-0.3, -0.25) is 9.52 Å². The highest BCUT2D eigenvalue weighted by Crippen LogP contribution is 2.15. The molecule has 0 aliphatic heterocycles. The zero-order chi connectivity index (χ0) is 14.3. The van der Waals surface area contributed by atoms with Crippen LogP contribution in [0.25, 0.3) is 0 Å². The van der Waals surface area contributed by atoms with Gasteiger partial charge in [-0.05, 0) is 18.2 Å². The van der Waals surface area contributed by atoms with Crippen molar-refractivity contribution in [2.75, 3.05) is 23.1 Å². The van der Waals surface area contributed by atoms with Crippen LogP contribution in [0.3, 0.4) is 0 Å². The zero-order valence-corrected chi connectivity index (χ0v) is 11.0. The Balaban J connectivity index is 2.61. The third-order valence-corrected chi connectivity index (χ3v) is 2.50. The number of hydrogen-bond donors (Lipinski definition) is 4. The van der Waals surface area contributed by atoms with Crippen LogP contribution in [0, 0.1) is 0 Å². The molecule has 0 atom stereocenters. The molecule has 0 aliphatic rings. The lowest BCUT2D eigenvalue weighted by molar-refractivity contribution is -0.115. The van der Waals surface area contributed by atoms with Crippen molar-refractivity contribution in [2.45, 2.75) is 0 Å². The fourth-order valence-electron chi connectivity index (χ4n) is 1.32. The number of amides is 1. The summed E-state index contributed by atoms with van der Waals surface area (Å²) in [6, 6.07) is 6.23. The Bertz CT molecular complexity index is 557. The van der Waals surface area contributed by atoms with E-state index in [4.69, 9.17) is 5.14 Å². The van der Waals surface area contributed by atoms with E-state index in [9.17, 15) is 13.2 Å². The summed E-state index contributed by atoms with van der Waals surface area (Å²) in [5.41, 5.74) is 0.749. The lowest BCUT2D eigenvalue weighted by atomic mass is 10.3. The molecule has 1 rings (SSSR count). The molecule has 104 valence electrons. The van der Waals surface area contributed by atoms with E-state index >= 15 is 0 Å². The van der Waals surface area contributed by atoms with Gasteiger partial charge in [0.15, 0.2) is 0 Å². The van der Waals surface area contributed by atoms with Crippen LogP contribution in [0.15, 0.2) is 36.9 Å². The third-order valence-electron chi connectivity index (χ3n) is 1.98. The summed E-state index contributed by atoms with van der Waals surface area (Å²) < 4.78 is 23.9. The molecule has 0 radical (unpaired) electrons. The molecule has 1 amide bonds. The molecule has 0 fully saturated rings. The van der Waals surface area contributed by atoms with Gasteiger partial charge in [-0.15, -0.1) is 6.58 Å². The molecule has 0 heterocycles. The van der Waals surface area contributed by atoms with E-state index in [-0.39, 0.29) is 18.1 Å². The Kier molecular flexibility index (Phi) is 5.49. The Morgan fingerprint density at radius 2 is 2.05 bits per heavy atom. The van der Waals surface area contributed by atoms with Crippen molar-refractivity contribution in [3.8, 4) is 0 Å². The van der Waals surface area contributed by atoms with Gasteiger partial charge >= 0.3 is 0 Å². The van der Waals surface area contributed by atoms with Crippen molar-refractivity contribution in [1.82, 2.24) is 5.32 Å². The van der Waals surface area contributed by atoms with E-state index in [0.29, 0.717) is 12.2 Å². The number of carbonyl (C=O) groups excluding carboxylic acids is 1. The Hall–Kier alpha value is -1.90. The standard InChI is InChI=1S/C11H16N4O3S/c1-2-6-13-8-11(16)14-9-4-3-5-10(7-9)15-19(12,17)18/h2-5,7,13,15H,1,6,8H2,(H,14,16)(H2,12,17,18). The van der Waals surface area contributed by atoms with Gasteiger partial charge in [-0.1, -0.05) is 12.1 Å². The second-order valence-corrected chi connectivity index (χ2v) is 4.99. The average Bonchev–Trinajstić information content (AvgIpc) is 2.27. The van der Waals surface area contributed by atoms with Crippen LogP contribution in [0.1, 0.15) is 0 Å². The van der Waals surface area contributed by atoms with Crippen molar-refractivity contribution >= 4 is 27.5 Å². The van der Waals surface area contributed by atoms with Crippen molar-refractivity contribution in [3.05, 3.63) is 36.9 Å². The lowest BCUT2D eigenvalue weighted by Crippen LogP contribution is -2.28. The zero-order valence-electron chi connectivity index (χ0n) is 10.2. The minimum absolute atomic E-state index is 0.138. The summed E-state index contributed by atoms with van der Waals surface area (Å²) in [6.45, 7) is 4.18. The second kappa shape index (κ2) is 6.88. The van der Waals surface area contributed by atoms with Gasteiger partial charge in [0.25, 0.3) is 10.2 Å². The number of nitrogens with one attached hydrogen (secondary N) is 3. The molecule has 0 aliphatic carbocycles. The van der Waals surface area contributed by atoms with Gasteiger partial charge in [0, 0.05) is 12.2 Å². The van der Waals surface area contributed by atoms with Crippen LogP contribution in [-0.4, -0.2) is 27.4 Å². The molecule has 1 aromatic carbocycles. The van der Waals surface area contributed by atoms with Crippen LogP contribution in [0.5, 0.6) is 0 Å². The third kappa shape index (κ3) is 6.55. The highest BCUT2D eigenvalue weighted by atomic mass is 32.2. The number of anilines is 2. The molecule has 8 heteroatoms. The van der Waals surface area contributed by atoms with Crippen LogP contribution in [0.2, 0.25) is 0 Å². The van der Waals surface area contributed by atoms with Crippen LogP contribution in [0.4, 0.5) is 11.4 Å². The summed E-state index contributed by atoms with van der Waals surface area (Å²) in [5.74, 6) is -0.241. The molecule has 0 aromatic heterocycles. The molecule has 19 heavy (non-hydrogen) atoms. The van der Waals surface area contributed by atoms with E-state index in [1.54, 1.807) is 18.2 Å². The van der Waals surface area contributed by atoms with E-state index in [2.05, 4.69) is 21.9 Å². The maximum absolute atomic E-state index is 11.5. The normalized spacial score (nSPS) is 10.8. The molecular formula is C11H16N4O3S. The predicted molar refractivity (Wildman–Crippen MR) is 74.9 cm³/mol. The SMILES string of the molecule is C=CCNCC(=O)Nc1cccc(NS(N)(=O)=O)c1. The lowest BCUT2D eigenvalue weighted by Gasteiger charge is -2.08. The first kappa shape index (κ1) is 15.2. The molecule has 0 saturated heterocycles. The first-order valence-electron chi connectivity index (χ1n) is 5.43. The predicted octanol–water partition coefficient (Wildman–Crippen LogP) is 0.0161. The second-order valence-electron chi connectivity index (χ2n) is 3.70. The first-order chi connectivity index (χ1) is 8.90.